The minimum absolute atomic E-state index is 0.168. The molecule has 0 heterocycles. The van der Waals surface area contributed by atoms with Gasteiger partial charge in [-0.15, -0.1) is 6.58 Å². The molecule has 1 aliphatic carbocycles. The zero-order valence-electron chi connectivity index (χ0n) is 14.0. The molecule has 0 N–H and O–H groups in total. The summed E-state index contributed by atoms with van der Waals surface area (Å²) in [6.07, 6.45) is 9.77. The van der Waals surface area contributed by atoms with Gasteiger partial charge in [-0.25, -0.2) is 4.39 Å². The first kappa shape index (κ1) is 17.2. The molecule has 2 aromatic carbocycles. The lowest BCUT2D eigenvalue weighted by Gasteiger charge is -2.26. The van der Waals surface area contributed by atoms with Gasteiger partial charge in [0, 0.05) is 0 Å². The molecule has 0 aromatic heterocycles. The Morgan fingerprint density at radius 3 is 2.29 bits per heavy atom. The summed E-state index contributed by atoms with van der Waals surface area (Å²) in [6, 6.07) is 13.4. The molecule has 0 amide bonds. The first-order valence-electron chi connectivity index (χ1n) is 8.82. The molecule has 0 saturated heterocycles. The first-order valence-corrected chi connectivity index (χ1v) is 9.20. The van der Waals surface area contributed by atoms with Crippen molar-refractivity contribution < 1.29 is 4.39 Å². The molecule has 0 aliphatic heterocycles. The molecule has 24 heavy (non-hydrogen) atoms. The summed E-state index contributed by atoms with van der Waals surface area (Å²) in [5.74, 6) is 1.22. The standard InChI is InChI=1S/C22H24ClF/c1-2-16-3-5-17(6-4-16)7-8-18-9-11-19(12-10-18)20-13-14-21(23)22(24)15-20/h2,9-17H,1,3-8H2/t16-,17-. The fourth-order valence-corrected chi connectivity index (χ4v) is 3.74. The van der Waals surface area contributed by atoms with Gasteiger partial charge in [0.05, 0.1) is 5.02 Å². The number of hydrogen-bond acceptors (Lipinski definition) is 0. The van der Waals surface area contributed by atoms with Crippen LogP contribution in [0.1, 0.15) is 37.7 Å². The van der Waals surface area contributed by atoms with Crippen LogP contribution in [0, 0.1) is 17.7 Å². The Morgan fingerprint density at radius 1 is 1.00 bits per heavy atom. The molecule has 2 heteroatoms. The largest absolute Gasteiger partial charge is 0.205 e. The minimum atomic E-state index is -0.367. The second-order valence-electron chi connectivity index (χ2n) is 6.88. The van der Waals surface area contributed by atoms with E-state index in [4.69, 9.17) is 11.6 Å². The highest BCUT2D eigenvalue weighted by Crippen LogP contribution is 2.32. The number of rotatable bonds is 5. The van der Waals surface area contributed by atoms with Gasteiger partial charge in [-0.05, 0) is 79.2 Å². The molecule has 0 spiro atoms. The summed E-state index contributed by atoms with van der Waals surface area (Å²) < 4.78 is 13.6. The van der Waals surface area contributed by atoms with Crippen LogP contribution in [0.2, 0.25) is 5.02 Å². The van der Waals surface area contributed by atoms with Crippen molar-refractivity contribution in [2.45, 2.75) is 38.5 Å². The van der Waals surface area contributed by atoms with Crippen molar-refractivity contribution in [3.63, 3.8) is 0 Å². The van der Waals surface area contributed by atoms with Crippen molar-refractivity contribution in [2.75, 3.05) is 0 Å². The molecule has 1 fully saturated rings. The lowest BCUT2D eigenvalue weighted by Crippen LogP contribution is -2.13. The molecular weight excluding hydrogens is 319 g/mol. The van der Waals surface area contributed by atoms with Gasteiger partial charge in [0.15, 0.2) is 0 Å². The molecular formula is C22H24ClF. The third-order valence-electron chi connectivity index (χ3n) is 5.27. The molecule has 0 nitrogen and oxygen atoms in total. The van der Waals surface area contributed by atoms with Crippen LogP contribution in [0.5, 0.6) is 0 Å². The fraction of sp³-hybridized carbons (Fsp3) is 0.364. The average Bonchev–Trinajstić information content (AvgIpc) is 2.63. The topological polar surface area (TPSA) is 0 Å². The van der Waals surface area contributed by atoms with Crippen LogP contribution in [0.4, 0.5) is 4.39 Å². The second kappa shape index (κ2) is 7.98. The number of benzene rings is 2. The van der Waals surface area contributed by atoms with Gasteiger partial charge >= 0.3 is 0 Å². The zero-order chi connectivity index (χ0) is 16.9. The Labute approximate surface area is 149 Å². The van der Waals surface area contributed by atoms with E-state index in [2.05, 4.69) is 36.9 Å². The molecule has 0 radical (unpaired) electrons. The highest BCUT2D eigenvalue weighted by atomic mass is 35.5. The van der Waals surface area contributed by atoms with Crippen LogP contribution in [0.25, 0.3) is 11.1 Å². The van der Waals surface area contributed by atoms with Gasteiger partial charge in [-0.1, -0.05) is 48.0 Å². The number of allylic oxidation sites excluding steroid dienone is 1. The van der Waals surface area contributed by atoms with Gasteiger partial charge in [0.1, 0.15) is 5.82 Å². The lowest BCUT2D eigenvalue weighted by molar-refractivity contribution is 0.296. The highest BCUT2D eigenvalue weighted by molar-refractivity contribution is 6.30. The maximum Gasteiger partial charge on any atom is 0.142 e. The summed E-state index contributed by atoms with van der Waals surface area (Å²) in [5, 5.41) is 0.168. The molecule has 0 atom stereocenters. The van der Waals surface area contributed by atoms with Gasteiger partial charge < -0.3 is 0 Å². The Morgan fingerprint density at radius 2 is 1.67 bits per heavy atom. The van der Waals surface area contributed by atoms with Crippen molar-refractivity contribution in [2.24, 2.45) is 11.8 Å². The minimum Gasteiger partial charge on any atom is -0.205 e. The number of halogens is 2. The highest BCUT2D eigenvalue weighted by Gasteiger charge is 2.18. The maximum atomic E-state index is 13.6. The molecule has 0 unspecified atom stereocenters. The number of aryl methyl sites for hydroxylation is 1. The van der Waals surface area contributed by atoms with Crippen LogP contribution >= 0.6 is 11.6 Å². The van der Waals surface area contributed by atoms with E-state index in [0.29, 0.717) is 0 Å². The van der Waals surface area contributed by atoms with Crippen LogP contribution in [0.15, 0.2) is 55.1 Å². The van der Waals surface area contributed by atoms with Crippen molar-refractivity contribution in [1.82, 2.24) is 0 Å². The quantitative estimate of drug-likeness (QED) is 0.509. The second-order valence-corrected chi connectivity index (χ2v) is 7.29. The fourth-order valence-electron chi connectivity index (χ4n) is 3.62. The van der Waals surface area contributed by atoms with Crippen molar-refractivity contribution in [3.05, 3.63) is 71.5 Å². The van der Waals surface area contributed by atoms with Gasteiger partial charge in [0.2, 0.25) is 0 Å². The van der Waals surface area contributed by atoms with Crippen LogP contribution in [-0.2, 0) is 6.42 Å². The summed E-state index contributed by atoms with van der Waals surface area (Å²) in [4.78, 5) is 0. The smallest absolute Gasteiger partial charge is 0.142 e. The van der Waals surface area contributed by atoms with Crippen molar-refractivity contribution >= 4 is 11.6 Å². The van der Waals surface area contributed by atoms with E-state index >= 15 is 0 Å². The molecule has 2 aromatic rings. The predicted octanol–water partition coefficient (Wildman–Crippen LogP) is 7.07. The van der Waals surface area contributed by atoms with Gasteiger partial charge in [-0.2, -0.15) is 0 Å². The van der Waals surface area contributed by atoms with E-state index < -0.39 is 0 Å². The van der Waals surface area contributed by atoms with Crippen molar-refractivity contribution in [1.29, 1.82) is 0 Å². The van der Waals surface area contributed by atoms with E-state index in [0.717, 1.165) is 29.4 Å². The molecule has 0 bridgehead atoms. The third kappa shape index (κ3) is 4.27. The molecule has 1 aliphatic rings. The predicted molar refractivity (Wildman–Crippen MR) is 101 cm³/mol. The molecule has 3 rings (SSSR count). The van der Waals surface area contributed by atoms with Crippen molar-refractivity contribution in [3.8, 4) is 11.1 Å². The Kier molecular flexibility index (Phi) is 5.73. The van der Waals surface area contributed by atoms with E-state index in [-0.39, 0.29) is 10.8 Å². The normalized spacial score (nSPS) is 20.8. The Hall–Kier alpha value is -1.60. The van der Waals surface area contributed by atoms with E-state index in [1.165, 1.54) is 43.7 Å². The summed E-state index contributed by atoms with van der Waals surface area (Å²) in [6.45, 7) is 3.92. The van der Waals surface area contributed by atoms with E-state index in [1.54, 1.807) is 6.07 Å². The molecule has 1 saturated carbocycles. The van der Waals surface area contributed by atoms with Crippen LogP contribution in [-0.4, -0.2) is 0 Å². The van der Waals surface area contributed by atoms with Gasteiger partial charge in [-0.3, -0.25) is 0 Å². The van der Waals surface area contributed by atoms with Crippen LogP contribution in [0.3, 0.4) is 0 Å². The molecule has 126 valence electrons. The maximum absolute atomic E-state index is 13.6. The monoisotopic (exact) mass is 342 g/mol. The van der Waals surface area contributed by atoms with Gasteiger partial charge in [0.25, 0.3) is 0 Å². The zero-order valence-corrected chi connectivity index (χ0v) is 14.7. The Bertz CT molecular complexity index is 682. The lowest BCUT2D eigenvalue weighted by atomic mass is 9.79. The van der Waals surface area contributed by atoms with Crippen LogP contribution < -0.4 is 0 Å². The summed E-state index contributed by atoms with van der Waals surface area (Å²) in [7, 11) is 0. The first-order chi connectivity index (χ1) is 11.7. The average molecular weight is 343 g/mol. The summed E-state index contributed by atoms with van der Waals surface area (Å²) in [5.41, 5.74) is 3.26. The summed E-state index contributed by atoms with van der Waals surface area (Å²) >= 11 is 5.75. The SMILES string of the molecule is C=C[C@H]1CC[C@H](CCc2ccc(-c3ccc(Cl)c(F)c3)cc2)CC1. The Balaban J connectivity index is 1.57. The van der Waals surface area contributed by atoms with E-state index in [9.17, 15) is 4.39 Å². The van der Waals surface area contributed by atoms with E-state index in [1.807, 2.05) is 6.07 Å². The third-order valence-corrected chi connectivity index (χ3v) is 5.58. The number of hydrogen-bond donors (Lipinski definition) is 0.